The first kappa shape index (κ1) is 17.8. The lowest BCUT2D eigenvalue weighted by Gasteiger charge is -2.12. The number of halogens is 1. The van der Waals surface area contributed by atoms with E-state index in [9.17, 15) is 14.3 Å². The monoisotopic (exact) mass is 356 g/mol. The lowest BCUT2D eigenvalue weighted by atomic mass is 10.1. The zero-order valence-corrected chi connectivity index (χ0v) is 14.6. The number of rotatable bonds is 6. The predicted octanol–water partition coefficient (Wildman–Crippen LogP) is 4.81. The summed E-state index contributed by atoms with van der Waals surface area (Å²) in [6.07, 6.45) is 10.1. The van der Waals surface area contributed by atoms with Gasteiger partial charge in [-0.05, 0) is 38.0 Å². The van der Waals surface area contributed by atoms with Gasteiger partial charge < -0.3 is 10.4 Å². The van der Waals surface area contributed by atoms with Crippen molar-refractivity contribution in [2.45, 2.75) is 38.6 Å². The van der Waals surface area contributed by atoms with Gasteiger partial charge in [0.25, 0.3) is 0 Å². The summed E-state index contributed by atoms with van der Waals surface area (Å²) in [5, 5.41) is 17.0. The molecular formula is C19H21FN4O2. The van der Waals surface area contributed by atoms with Crippen LogP contribution in [0.5, 0.6) is 0 Å². The van der Waals surface area contributed by atoms with E-state index in [1.54, 1.807) is 6.08 Å². The Hall–Kier alpha value is -2.96. The van der Waals surface area contributed by atoms with Crippen molar-refractivity contribution >= 4 is 29.6 Å². The first-order valence-electron chi connectivity index (χ1n) is 8.54. The summed E-state index contributed by atoms with van der Waals surface area (Å²) < 4.78 is 15.5. The van der Waals surface area contributed by atoms with Crippen LogP contribution < -0.4 is 5.32 Å². The number of hydrogen-bond acceptors (Lipinski definition) is 4. The number of carboxylic acid groups (broad SMARTS) is 1. The largest absolute Gasteiger partial charge is 0.478 e. The van der Waals surface area contributed by atoms with Crippen LogP contribution in [0.4, 0.5) is 15.9 Å². The molecule has 1 saturated carbocycles. The Kier molecular flexibility index (Phi) is 5.16. The van der Waals surface area contributed by atoms with Gasteiger partial charge in [-0.25, -0.2) is 9.18 Å². The predicted molar refractivity (Wildman–Crippen MR) is 99.1 cm³/mol. The molecule has 0 radical (unpaired) electrons. The van der Waals surface area contributed by atoms with Gasteiger partial charge in [-0.3, -0.25) is 9.67 Å². The number of carboxylic acids is 1. The zero-order valence-electron chi connectivity index (χ0n) is 14.6. The van der Waals surface area contributed by atoms with Crippen molar-refractivity contribution in [3.63, 3.8) is 0 Å². The Bertz CT molecular complexity index is 862. The molecular weight excluding hydrogens is 335 g/mol. The number of nitrogens with zero attached hydrogens (tertiary/aromatic N) is 3. The maximum Gasteiger partial charge on any atom is 0.337 e. The number of nitrogens with one attached hydrogen (secondary N) is 1. The smallest absolute Gasteiger partial charge is 0.337 e. The number of pyridine rings is 1. The fourth-order valence-electron chi connectivity index (χ4n) is 3.33. The van der Waals surface area contributed by atoms with E-state index >= 15 is 0 Å². The Morgan fingerprint density at radius 3 is 2.81 bits per heavy atom. The number of allylic oxidation sites excluding steroid dienone is 1. The molecule has 0 amide bonds. The van der Waals surface area contributed by atoms with Crippen molar-refractivity contribution in [1.82, 2.24) is 14.8 Å². The maximum atomic E-state index is 13.7. The highest BCUT2D eigenvalue weighted by Crippen LogP contribution is 2.35. The molecule has 2 heterocycles. The molecule has 0 unspecified atom stereocenters. The van der Waals surface area contributed by atoms with Crippen molar-refractivity contribution in [1.29, 1.82) is 0 Å². The van der Waals surface area contributed by atoms with Gasteiger partial charge in [-0.1, -0.05) is 19.4 Å². The highest BCUT2D eigenvalue weighted by Gasteiger charge is 2.24. The molecule has 2 aromatic heterocycles. The number of hydrogen-bond donors (Lipinski definition) is 2. The molecule has 1 aliphatic rings. The molecule has 26 heavy (non-hydrogen) atoms. The molecule has 2 N–H and O–H groups in total. The summed E-state index contributed by atoms with van der Waals surface area (Å²) in [6.45, 7) is 5.21. The molecule has 0 bridgehead atoms. The molecule has 7 heteroatoms. The number of aromatic nitrogens is 3. The molecule has 2 aromatic rings. The summed E-state index contributed by atoms with van der Waals surface area (Å²) >= 11 is 0. The Labute approximate surface area is 151 Å². The highest BCUT2D eigenvalue weighted by atomic mass is 19.1. The Balaban J connectivity index is 2.10. The summed E-state index contributed by atoms with van der Waals surface area (Å²) in [7, 11) is 0. The minimum Gasteiger partial charge on any atom is -0.478 e. The molecule has 1 fully saturated rings. The van der Waals surface area contributed by atoms with E-state index < -0.39 is 5.97 Å². The zero-order chi connectivity index (χ0) is 18.7. The van der Waals surface area contributed by atoms with Crippen LogP contribution in [0.2, 0.25) is 0 Å². The van der Waals surface area contributed by atoms with Gasteiger partial charge >= 0.3 is 5.97 Å². The third-order valence-corrected chi connectivity index (χ3v) is 4.50. The standard InChI is InChI=1S/C19H21FN4O2/c1-3-17-15(10-12(2)20)18(23-24(17)13-6-4-5-7-13)22-16-11-21-9-8-14(16)19(25)26/h3,8-11,13H,1,4-7H2,2H3,(H,22,23)(H,25,26)/b12-10+. The third kappa shape index (κ3) is 3.51. The van der Waals surface area contributed by atoms with Crippen molar-refractivity contribution in [3.8, 4) is 0 Å². The normalized spacial score (nSPS) is 15.2. The quantitative estimate of drug-likeness (QED) is 0.776. The lowest BCUT2D eigenvalue weighted by Crippen LogP contribution is -2.09. The van der Waals surface area contributed by atoms with Crippen LogP contribution in [0.25, 0.3) is 12.2 Å². The van der Waals surface area contributed by atoms with Gasteiger partial charge in [0.1, 0.15) is 0 Å². The number of aromatic carboxylic acids is 1. The summed E-state index contributed by atoms with van der Waals surface area (Å²) in [5.74, 6) is -1.06. The van der Waals surface area contributed by atoms with Crippen molar-refractivity contribution in [2.75, 3.05) is 5.32 Å². The number of carbonyl (C=O) groups is 1. The molecule has 0 atom stereocenters. The average molecular weight is 356 g/mol. The maximum absolute atomic E-state index is 13.7. The second-order valence-corrected chi connectivity index (χ2v) is 6.32. The van der Waals surface area contributed by atoms with Crippen LogP contribution in [0.15, 0.2) is 30.9 Å². The Morgan fingerprint density at radius 1 is 1.46 bits per heavy atom. The fourth-order valence-corrected chi connectivity index (χ4v) is 3.33. The summed E-state index contributed by atoms with van der Waals surface area (Å²) in [4.78, 5) is 15.4. The molecule has 0 spiro atoms. The van der Waals surface area contributed by atoms with Crippen LogP contribution in [0.3, 0.4) is 0 Å². The average Bonchev–Trinajstić information content (AvgIpc) is 3.23. The van der Waals surface area contributed by atoms with Crippen LogP contribution >= 0.6 is 0 Å². The third-order valence-electron chi connectivity index (χ3n) is 4.50. The van der Waals surface area contributed by atoms with Gasteiger partial charge in [-0.2, -0.15) is 5.10 Å². The minimum absolute atomic E-state index is 0.0717. The van der Waals surface area contributed by atoms with E-state index in [0.717, 1.165) is 31.4 Å². The van der Waals surface area contributed by atoms with Gasteiger partial charge in [0, 0.05) is 11.8 Å². The fraction of sp³-hybridized carbons (Fsp3) is 0.316. The lowest BCUT2D eigenvalue weighted by molar-refractivity contribution is 0.0698. The first-order chi connectivity index (χ1) is 12.5. The van der Waals surface area contributed by atoms with Crippen LogP contribution in [-0.2, 0) is 0 Å². The number of anilines is 2. The second-order valence-electron chi connectivity index (χ2n) is 6.32. The van der Waals surface area contributed by atoms with Gasteiger partial charge in [0.05, 0.1) is 35.0 Å². The SMILES string of the molecule is C=Cc1c(/C=C(\C)F)c(Nc2cnccc2C(=O)O)nn1C1CCCC1. The topological polar surface area (TPSA) is 80.0 Å². The van der Waals surface area contributed by atoms with Crippen molar-refractivity contribution in [2.24, 2.45) is 0 Å². The van der Waals surface area contributed by atoms with E-state index in [1.165, 1.54) is 31.5 Å². The van der Waals surface area contributed by atoms with E-state index in [4.69, 9.17) is 0 Å². The van der Waals surface area contributed by atoms with Crippen molar-refractivity contribution < 1.29 is 14.3 Å². The van der Waals surface area contributed by atoms with Crippen LogP contribution in [-0.4, -0.2) is 25.8 Å². The molecule has 136 valence electrons. The molecule has 0 aliphatic heterocycles. The molecule has 1 aliphatic carbocycles. The van der Waals surface area contributed by atoms with Gasteiger partial charge in [0.15, 0.2) is 5.82 Å². The van der Waals surface area contributed by atoms with Gasteiger partial charge in [-0.15, -0.1) is 0 Å². The highest BCUT2D eigenvalue weighted by molar-refractivity contribution is 5.95. The van der Waals surface area contributed by atoms with Gasteiger partial charge in [0.2, 0.25) is 0 Å². The first-order valence-corrected chi connectivity index (χ1v) is 8.54. The summed E-state index contributed by atoms with van der Waals surface area (Å²) in [6, 6.07) is 1.64. The minimum atomic E-state index is -1.08. The molecule has 3 rings (SSSR count). The van der Waals surface area contributed by atoms with Crippen LogP contribution in [0.1, 0.15) is 60.3 Å². The molecule has 6 nitrogen and oxygen atoms in total. The Morgan fingerprint density at radius 2 is 2.19 bits per heavy atom. The van der Waals surface area contributed by atoms with Crippen molar-refractivity contribution in [3.05, 3.63) is 47.7 Å². The van der Waals surface area contributed by atoms with E-state index in [-0.39, 0.29) is 17.4 Å². The van der Waals surface area contributed by atoms with E-state index in [1.807, 2.05) is 4.68 Å². The van der Waals surface area contributed by atoms with E-state index in [0.29, 0.717) is 17.1 Å². The second kappa shape index (κ2) is 7.51. The molecule has 0 aromatic carbocycles. The molecule has 0 saturated heterocycles. The van der Waals surface area contributed by atoms with E-state index in [2.05, 4.69) is 22.0 Å². The van der Waals surface area contributed by atoms with Crippen LogP contribution in [0, 0.1) is 0 Å². The summed E-state index contributed by atoms with van der Waals surface area (Å²) in [5.41, 5.74) is 1.64.